The Morgan fingerprint density at radius 1 is 1.09 bits per heavy atom. The maximum atomic E-state index is 13.6. The number of ether oxygens (including phenoxy) is 3. The number of nitrogens with two attached hydrogens (primary N) is 1. The van der Waals surface area contributed by atoms with Gasteiger partial charge in [0.1, 0.15) is 6.04 Å². The fourth-order valence-corrected chi connectivity index (χ4v) is 8.53. The maximum Gasteiger partial charge on any atom is 0.241 e. The van der Waals surface area contributed by atoms with Crippen molar-refractivity contribution in [2.24, 2.45) is 28.9 Å². The van der Waals surface area contributed by atoms with Crippen molar-refractivity contribution in [3.8, 4) is 6.07 Å². The van der Waals surface area contributed by atoms with Gasteiger partial charge in [-0.15, -0.1) is 0 Å². The van der Waals surface area contributed by atoms with E-state index < -0.39 is 6.04 Å². The molecule has 1 amide bonds. The van der Waals surface area contributed by atoms with Crippen LogP contribution in [0.4, 0.5) is 0 Å². The van der Waals surface area contributed by atoms with E-state index >= 15 is 0 Å². The average Bonchev–Trinajstić information content (AvgIpc) is 3.49. The van der Waals surface area contributed by atoms with Crippen LogP contribution in [-0.2, 0) is 19.0 Å². The molecule has 5 saturated carbocycles. The molecule has 8 nitrogen and oxygen atoms in total. The zero-order valence-electron chi connectivity index (χ0n) is 20.3. The predicted octanol–water partition coefficient (Wildman–Crippen LogP) is 1.53. The molecule has 4 bridgehead atoms. The van der Waals surface area contributed by atoms with Gasteiger partial charge in [0.25, 0.3) is 0 Å². The van der Waals surface area contributed by atoms with E-state index in [1.807, 2.05) is 4.90 Å². The van der Waals surface area contributed by atoms with E-state index in [1.54, 1.807) is 0 Å². The molecule has 8 heteroatoms. The summed E-state index contributed by atoms with van der Waals surface area (Å²) in [6.45, 7) is 6.49. The van der Waals surface area contributed by atoms with E-state index in [0.29, 0.717) is 31.0 Å². The first-order valence-electron chi connectivity index (χ1n) is 13.5. The van der Waals surface area contributed by atoms with Crippen molar-refractivity contribution in [2.45, 2.75) is 75.1 Å². The van der Waals surface area contributed by atoms with Gasteiger partial charge in [-0.3, -0.25) is 9.69 Å². The molecule has 5 aliphatic carbocycles. The molecule has 0 aromatic heterocycles. The van der Waals surface area contributed by atoms with Crippen molar-refractivity contribution >= 4 is 5.91 Å². The van der Waals surface area contributed by atoms with Gasteiger partial charge in [0.05, 0.1) is 50.7 Å². The summed E-state index contributed by atoms with van der Waals surface area (Å²) in [7, 11) is 0. The van der Waals surface area contributed by atoms with E-state index in [-0.39, 0.29) is 29.0 Å². The summed E-state index contributed by atoms with van der Waals surface area (Å²) in [5.41, 5.74) is 6.49. The third-order valence-electron chi connectivity index (χ3n) is 9.78. The van der Waals surface area contributed by atoms with Crippen LogP contribution in [0.15, 0.2) is 0 Å². The Kier molecular flexibility index (Phi) is 6.14. The van der Waals surface area contributed by atoms with E-state index in [2.05, 4.69) is 11.0 Å². The zero-order chi connectivity index (χ0) is 23.3. The van der Waals surface area contributed by atoms with Crippen LogP contribution >= 0.6 is 0 Å². The Balaban J connectivity index is 1.05. The maximum absolute atomic E-state index is 13.6. The summed E-state index contributed by atoms with van der Waals surface area (Å²) < 4.78 is 17.9. The molecular formula is C26H40N4O4. The summed E-state index contributed by atoms with van der Waals surface area (Å²) in [6, 6.07) is 1.83. The highest BCUT2D eigenvalue weighted by molar-refractivity contribution is 5.84. The fraction of sp³-hybridized carbons (Fsp3) is 0.923. The molecule has 0 radical (unpaired) electrons. The van der Waals surface area contributed by atoms with E-state index in [1.165, 1.54) is 6.42 Å². The second-order valence-corrected chi connectivity index (χ2v) is 12.1. The van der Waals surface area contributed by atoms with E-state index in [0.717, 1.165) is 84.4 Å². The average molecular weight is 473 g/mol. The van der Waals surface area contributed by atoms with E-state index in [4.69, 9.17) is 19.9 Å². The number of amides is 1. The van der Waals surface area contributed by atoms with Crippen LogP contribution in [0.1, 0.15) is 51.4 Å². The Morgan fingerprint density at radius 3 is 2.59 bits per heavy atom. The molecule has 2 N–H and O–H groups in total. The predicted molar refractivity (Wildman–Crippen MR) is 125 cm³/mol. The number of fused-ring (bicyclic) bond motifs is 1. The smallest absolute Gasteiger partial charge is 0.241 e. The Morgan fingerprint density at radius 2 is 1.85 bits per heavy atom. The van der Waals surface area contributed by atoms with Crippen LogP contribution in [0.25, 0.3) is 0 Å². The number of nitriles is 1. The van der Waals surface area contributed by atoms with Crippen LogP contribution in [0, 0.1) is 34.5 Å². The number of hydrogen-bond donors (Lipinski definition) is 1. The lowest BCUT2D eigenvalue weighted by Crippen LogP contribution is -2.65. The molecule has 0 spiro atoms. The number of morpholine rings is 1. The van der Waals surface area contributed by atoms with Gasteiger partial charge in [-0.25, -0.2) is 0 Å². The van der Waals surface area contributed by atoms with Crippen molar-refractivity contribution in [3.63, 3.8) is 0 Å². The second-order valence-electron chi connectivity index (χ2n) is 12.1. The third kappa shape index (κ3) is 4.18. The minimum atomic E-state index is -0.513. The molecule has 0 aromatic carbocycles. The van der Waals surface area contributed by atoms with Crippen LogP contribution in [0.3, 0.4) is 0 Å². The highest BCUT2D eigenvalue weighted by Crippen LogP contribution is 2.64. The van der Waals surface area contributed by atoms with Crippen LogP contribution in [0.2, 0.25) is 0 Å². The number of nitrogens with zero attached hydrogens (tertiary/aromatic N) is 3. The minimum Gasteiger partial charge on any atom is -0.379 e. The molecule has 34 heavy (non-hydrogen) atoms. The second kappa shape index (κ2) is 9.01. The first kappa shape index (κ1) is 23.2. The normalized spacial score (nSPS) is 43.5. The van der Waals surface area contributed by atoms with Crippen molar-refractivity contribution in [1.82, 2.24) is 9.80 Å². The zero-order valence-corrected chi connectivity index (χ0v) is 20.3. The highest BCUT2D eigenvalue weighted by atomic mass is 16.5. The molecule has 188 valence electrons. The van der Waals surface area contributed by atoms with Gasteiger partial charge in [0.15, 0.2) is 0 Å². The van der Waals surface area contributed by atoms with E-state index in [9.17, 15) is 10.1 Å². The number of likely N-dealkylation sites (tertiary alicyclic amines) is 1. The van der Waals surface area contributed by atoms with Gasteiger partial charge in [-0.2, -0.15) is 5.26 Å². The molecule has 7 aliphatic rings. The summed E-state index contributed by atoms with van der Waals surface area (Å²) in [4.78, 5) is 17.9. The largest absolute Gasteiger partial charge is 0.379 e. The van der Waals surface area contributed by atoms with Crippen molar-refractivity contribution in [1.29, 1.82) is 5.26 Å². The molecule has 7 rings (SSSR count). The molecule has 7 fully saturated rings. The minimum absolute atomic E-state index is 0.0279. The Hall–Kier alpha value is -1.24. The molecule has 2 heterocycles. The van der Waals surface area contributed by atoms with Gasteiger partial charge in [-0.05, 0) is 74.5 Å². The third-order valence-corrected chi connectivity index (χ3v) is 9.78. The number of rotatable bonds is 9. The number of piperidine rings is 1. The summed E-state index contributed by atoms with van der Waals surface area (Å²) in [6.07, 6.45) is 8.27. The number of hydrogen-bond acceptors (Lipinski definition) is 7. The number of carbonyl (C=O) groups excluding carboxylic acids is 1. The Bertz CT molecular complexity index is 810. The Labute approximate surface area is 203 Å². The lowest BCUT2D eigenvalue weighted by Gasteiger charge is -2.63. The number of carbonyl (C=O) groups is 1. The van der Waals surface area contributed by atoms with Gasteiger partial charge in [0.2, 0.25) is 5.91 Å². The SMILES string of the molecule is N#C[C@@H]1C[C@@H]2C[C@@H]2N1C(=O)[C@@H](N)C12CC3CC(CC(OCCOCCN4CCOCC4)(C3)C1)C2. The van der Waals surface area contributed by atoms with Gasteiger partial charge < -0.3 is 24.8 Å². The first-order valence-corrected chi connectivity index (χ1v) is 13.5. The van der Waals surface area contributed by atoms with Crippen LogP contribution in [-0.4, -0.2) is 92.1 Å². The van der Waals surface area contributed by atoms with Crippen molar-refractivity contribution in [2.75, 3.05) is 52.7 Å². The molecule has 2 saturated heterocycles. The molecule has 2 aliphatic heterocycles. The summed E-state index contributed by atoms with van der Waals surface area (Å²) in [5.74, 6) is 1.75. The highest BCUT2D eigenvalue weighted by Gasteiger charge is 2.63. The van der Waals surface area contributed by atoms with Gasteiger partial charge in [-0.1, -0.05) is 0 Å². The lowest BCUT2D eigenvalue weighted by molar-refractivity contribution is -0.204. The molecule has 6 atom stereocenters. The quantitative estimate of drug-likeness (QED) is 0.508. The van der Waals surface area contributed by atoms with Gasteiger partial charge in [0, 0.05) is 25.7 Å². The van der Waals surface area contributed by atoms with Gasteiger partial charge >= 0.3 is 0 Å². The first-order chi connectivity index (χ1) is 16.5. The topological polar surface area (TPSA) is 101 Å². The molecule has 0 aromatic rings. The van der Waals surface area contributed by atoms with Crippen molar-refractivity contribution < 1.29 is 19.0 Å². The standard InChI is InChI=1S/C26H40N4O4/c27-16-21-10-20-11-22(20)30(21)24(31)23(28)25-12-18-9-19(13-25)15-26(14-18,17-25)34-8-7-33-6-3-29-1-4-32-5-2-29/h18-23H,1-15,17,28H2/t18?,19?,20-,21+,22+,23-,25?,26?/m1/s1. The molecule has 2 unspecified atom stereocenters. The lowest BCUT2D eigenvalue weighted by atomic mass is 9.46. The van der Waals surface area contributed by atoms with Crippen molar-refractivity contribution in [3.05, 3.63) is 0 Å². The van der Waals surface area contributed by atoms with Crippen LogP contribution < -0.4 is 5.73 Å². The monoisotopic (exact) mass is 472 g/mol. The fourth-order valence-electron chi connectivity index (χ4n) is 8.53. The summed E-state index contributed by atoms with van der Waals surface area (Å²) in [5, 5.41) is 9.59. The summed E-state index contributed by atoms with van der Waals surface area (Å²) >= 11 is 0. The molecular weight excluding hydrogens is 432 g/mol. The van der Waals surface area contributed by atoms with Crippen LogP contribution in [0.5, 0.6) is 0 Å².